The smallest absolute Gasteiger partial charge is 0.271 e. The van der Waals surface area contributed by atoms with Gasteiger partial charge in [-0.2, -0.15) is 0 Å². The molecule has 0 aliphatic carbocycles. The molecule has 3 rings (SSSR count). The van der Waals surface area contributed by atoms with Gasteiger partial charge in [-0.15, -0.1) is 10.2 Å². The van der Waals surface area contributed by atoms with Gasteiger partial charge in [0, 0.05) is 32.5 Å². The highest BCUT2D eigenvalue weighted by Crippen LogP contribution is 2.32. The van der Waals surface area contributed by atoms with E-state index in [-0.39, 0.29) is 11.7 Å². The van der Waals surface area contributed by atoms with Crippen molar-refractivity contribution in [2.75, 3.05) is 37.7 Å². The molecular weight excluding hydrogens is 272 g/mol. The quantitative estimate of drug-likeness (QED) is 0.877. The molecule has 21 heavy (non-hydrogen) atoms. The van der Waals surface area contributed by atoms with Crippen LogP contribution in [0, 0.1) is 0 Å². The lowest BCUT2D eigenvalue weighted by Gasteiger charge is -2.37. The van der Waals surface area contributed by atoms with Gasteiger partial charge in [0.15, 0.2) is 17.3 Å². The normalized spacial score (nSPS) is 20.7. The first kappa shape index (κ1) is 14.2. The van der Waals surface area contributed by atoms with Crippen LogP contribution in [-0.4, -0.2) is 54.7 Å². The number of nitrogens with zero attached hydrogens (tertiary/aromatic N) is 3. The van der Waals surface area contributed by atoms with Crippen molar-refractivity contribution in [1.82, 2.24) is 15.5 Å². The Morgan fingerprint density at radius 1 is 1.29 bits per heavy atom. The summed E-state index contributed by atoms with van der Waals surface area (Å²) in [5.74, 6) is 0.211. The predicted molar refractivity (Wildman–Crippen MR) is 76.1 cm³/mol. The van der Waals surface area contributed by atoms with Gasteiger partial charge < -0.3 is 19.7 Å². The maximum atomic E-state index is 11.6. The molecule has 7 heteroatoms. The van der Waals surface area contributed by atoms with E-state index in [1.54, 1.807) is 6.07 Å². The second kappa shape index (κ2) is 5.95. The number of ether oxygens (including phenoxy) is 2. The van der Waals surface area contributed by atoms with E-state index in [1.807, 2.05) is 13.0 Å². The number of nitrogens with one attached hydrogen (secondary N) is 1. The van der Waals surface area contributed by atoms with E-state index in [0.29, 0.717) is 25.5 Å². The summed E-state index contributed by atoms with van der Waals surface area (Å²) in [6, 6.07) is 3.55. The van der Waals surface area contributed by atoms with Crippen molar-refractivity contribution in [3.05, 3.63) is 17.8 Å². The first-order chi connectivity index (χ1) is 10.2. The Morgan fingerprint density at radius 3 is 2.57 bits per heavy atom. The second-order valence-corrected chi connectivity index (χ2v) is 5.23. The predicted octanol–water partition coefficient (Wildman–Crippen LogP) is 0.570. The fourth-order valence-electron chi connectivity index (χ4n) is 2.73. The number of piperidine rings is 1. The Morgan fingerprint density at radius 2 is 2.00 bits per heavy atom. The van der Waals surface area contributed by atoms with Crippen molar-refractivity contribution in [3.63, 3.8) is 0 Å². The first-order valence-electron chi connectivity index (χ1n) is 7.37. The summed E-state index contributed by atoms with van der Waals surface area (Å²) >= 11 is 0. The minimum Gasteiger partial charge on any atom is -0.355 e. The van der Waals surface area contributed by atoms with Gasteiger partial charge in [0.05, 0.1) is 13.2 Å². The van der Waals surface area contributed by atoms with Gasteiger partial charge in [-0.05, 0) is 19.1 Å². The highest BCUT2D eigenvalue weighted by Gasteiger charge is 2.40. The molecule has 1 N–H and O–H groups in total. The molecule has 0 atom stereocenters. The molecule has 114 valence electrons. The zero-order valence-electron chi connectivity index (χ0n) is 12.2. The van der Waals surface area contributed by atoms with Crippen molar-refractivity contribution < 1.29 is 14.3 Å². The molecule has 0 unspecified atom stereocenters. The number of amides is 1. The summed E-state index contributed by atoms with van der Waals surface area (Å²) in [7, 11) is 0. The van der Waals surface area contributed by atoms with Crippen LogP contribution in [-0.2, 0) is 9.47 Å². The fourth-order valence-corrected chi connectivity index (χ4v) is 2.73. The number of hydrogen-bond acceptors (Lipinski definition) is 6. The van der Waals surface area contributed by atoms with Crippen molar-refractivity contribution in [2.45, 2.75) is 25.6 Å². The Labute approximate surface area is 123 Å². The van der Waals surface area contributed by atoms with Gasteiger partial charge in [-0.25, -0.2) is 0 Å². The van der Waals surface area contributed by atoms with Crippen LogP contribution in [0.2, 0.25) is 0 Å². The lowest BCUT2D eigenvalue weighted by molar-refractivity contribution is -0.169. The molecule has 1 aromatic rings. The summed E-state index contributed by atoms with van der Waals surface area (Å²) in [5, 5.41) is 10.9. The zero-order valence-corrected chi connectivity index (χ0v) is 12.2. The van der Waals surface area contributed by atoms with Crippen molar-refractivity contribution in [3.8, 4) is 0 Å². The van der Waals surface area contributed by atoms with Crippen molar-refractivity contribution in [2.24, 2.45) is 0 Å². The molecule has 0 radical (unpaired) electrons. The van der Waals surface area contributed by atoms with Gasteiger partial charge in [0.2, 0.25) is 0 Å². The molecule has 2 fully saturated rings. The van der Waals surface area contributed by atoms with Crippen LogP contribution in [0.25, 0.3) is 0 Å². The molecule has 1 aromatic heterocycles. The molecule has 2 aliphatic rings. The molecule has 7 nitrogen and oxygen atoms in total. The SMILES string of the molecule is CCNC(=O)c1ccc(N2CCC3(CC2)OCCO3)nn1. The molecule has 2 saturated heterocycles. The van der Waals surface area contributed by atoms with Gasteiger partial charge in [0.25, 0.3) is 5.91 Å². The van der Waals surface area contributed by atoms with Crippen LogP contribution >= 0.6 is 0 Å². The Kier molecular flexibility index (Phi) is 4.03. The number of hydrogen-bond donors (Lipinski definition) is 1. The molecule has 2 aliphatic heterocycles. The standard InChI is InChI=1S/C14H20N4O3/c1-2-15-13(19)11-3-4-12(17-16-11)18-7-5-14(6-8-18)20-9-10-21-14/h3-4H,2,5-10H2,1H3,(H,15,19). The Balaban J connectivity index is 1.61. The van der Waals surface area contributed by atoms with E-state index in [4.69, 9.17) is 9.47 Å². The average molecular weight is 292 g/mol. The second-order valence-electron chi connectivity index (χ2n) is 5.23. The number of rotatable bonds is 3. The lowest BCUT2D eigenvalue weighted by atomic mass is 10.0. The van der Waals surface area contributed by atoms with Crippen LogP contribution in [0.15, 0.2) is 12.1 Å². The Hall–Kier alpha value is -1.73. The summed E-state index contributed by atoms with van der Waals surface area (Å²) in [6.07, 6.45) is 1.65. The van der Waals surface area contributed by atoms with Gasteiger partial charge in [-0.1, -0.05) is 0 Å². The summed E-state index contributed by atoms with van der Waals surface area (Å²) in [4.78, 5) is 13.8. The third-order valence-corrected chi connectivity index (χ3v) is 3.88. The minimum absolute atomic E-state index is 0.193. The number of carbonyl (C=O) groups excluding carboxylic acids is 1. The molecule has 1 amide bonds. The lowest BCUT2D eigenvalue weighted by Crippen LogP contribution is -2.45. The first-order valence-corrected chi connectivity index (χ1v) is 7.37. The van der Waals surface area contributed by atoms with E-state index in [9.17, 15) is 4.79 Å². The molecule has 0 aromatic carbocycles. The van der Waals surface area contributed by atoms with Crippen LogP contribution in [0.3, 0.4) is 0 Å². The monoisotopic (exact) mass is 292 g/mol. The number of aromatic nitrogens is 2. The van der Waals surface area contributed by atoms with Gasteiger partial charge in [0.1, 0.15) is 0 Å². The minimum atomic E-state index is -0.384. The molecular formula is C14H20N4O3. The fraction of sp³-hybridized carbons (Fsp3) is 0.643. The van der Waals surface area contributed by atoms with E-state index < -0.39 is 0 Å². The summed E-state index contributed by atoms with van der Waals surface area (Å²) in [5.41, 5.74) is 0.344. The molecule has 0 saturated carbocycles. The van der Waals surface area contributed by atoms with Gasteiger partial charge >= 0.3 is 0 Å². The van der Waals surface area contributed by atoms with E-state index in [2.05, 4.69) is 20.4 Å². The molecule has 0 bridgehead atoms. The molecule has 3 heterocycles. The number of anilines is 1. The third-order valence-electron chi connectivity index (χ3n) is 3.88. The third kappa shape index (κ3) is 2.98. The zero-order chi connectivity index (χ0) is 14.7. The highest BCUT2D eigenvalue weighted by molar-refractivity contribution is 5.92. The largest absolute Gasteiger partial charge is 0.355 e. The van der Waals surface area contributed by atoms with Crippen LogP contribution in [0.4, 0.5) is 5.82 Å². The summed E-state index contributed by atoms with van der Waals surface area (Å²) < 4.78 is 11.4. The molecule has 1 spiro atoms. The van der Waals surface area contributed by atoms with Crippen molar-refractivity contribution >= 4 is 11.7 Å². The highest BCUT2D eigenvalue weighted by atomic mass is 16.7. The van der Waals surface area contributed by atoms with E-state index >= 15 is 0 Å². The van der Waals surface area contributed by atoms with Crippen LogP contribution in [0.5, 0.6) is 0 Å². The maximum absolute atomic E-state index is 11.6. The topological polar surface area (TPSA) is 76.6 Å². The van der Waals surface area contributed by atoms with Crippen LogP contribution in [0.1, 0.15) is 30.3 Å². The maximum Gasteiger partial charge on any atom is 0.271 e. The van der Waals surface area contributed by atoms with Crippen molar-refractivity contribution in [1.29, 1.82) is 0 Å². The van der Waals surface area contributed by atoms with E-state index in [1.165, 1.54) is 0 Å². The Bertz CT molecular complexity index is 489. The number of carbonyl (C=O) groups is 1. The van der Waals surface area contributed by atoms with E-state index in [0.717, 1.165) is 31.7 Å². The van der Waals surface area contributed by atoms with Crippen LogP contribution < -0.4 is 10.2 Å². The van der Waals surface area contributed by atoms with Gasteiger partial charge in [-0.3, -0.25) is 4.79 Å². The summed E-state index contributed by atoms with van der Waals surface area (Å²) in [6.45, 7) is 5.44. The average Bonchev–Trinajstić information content (AvgIpc) is 2.97.